The molecule has 0 saturated heterocycles. The minimum atomic E-state index is 0.630. The second-order valence-corrected chi connectivity index (χ2v) is 3.88. The monoisotopic (exact) mass is 248 g/mol. The number of aryl methyl sites for hydroxylation is 1. The molecule has 0 atom stereocenters. The Balaban J connectivity index is 2.97. The van der Waals surface area contributed by atoms with Crippen LogP contribution in [0.5, 0.6) is 11.5 Å². The molecular formula is C11H14Cl2O2. The Kier molecular flexibility index (Phi) is 5.06. The third-order valence-electron chi connectivity index (χ3n) is 2.13. The number of hydrogen-bond acceptors (Lipinski definition) is 2. The van der Waals surface area contributed by atoms with Gasteiger partial charge in [0.25, 0.3) is 0 Å². The second-order valence-electron chi connectivity index (χ2n) is 3.09. The third kappa shape index (κ3) is 3.18. The topological polar surface area (TPSA) is 18.5 Å². The summed E-state index contributed by atoms with van der Waals surface area (Å²) < 4.78 is 10.3. The molecule has 1 rings (SSSR count). The summed E-state index contributed by atoms with van der Waals surface area (Å²) in [6.07, 6.45) is 1.75. The first-order valence-electron chi connectivity index (χ1n) is 4.69. The van der Waals surface area contributed by atoms with Gasteiger partial charge in [-0.3, -0.25) is 0 Å². The van der Waals surface area contributed by atoms with E-state index in [4.69, 9.17) is 32.7 Å². The van der Waals surface area contributed by atoms with Crippen LogP contribution in [0.3, 0.4) is 0 Å². The van der Waals surface area contributed by atoms with Crippen LogP contribution in [0, 0.1) is 0 Å². The molecule has 0 fully saturated rings. The van der Waals surface area contributed by atoms with Gasteiger partial charge in [-0.05, 0) is 24.5 Å². The largest absolute Gasteiger partial charge is 0.493 e. The van der Waals surface area contributed by atoms with Crippen LogP contribution in [-0.4, -0.2) is 20.1 Å². The van der Waals surface area contributed by atoms with Gasteiger partial charge in [0, 0.05) is 17.0 Å². The van der Waals surface area contributed by atoms with Crippen LogP contribution in [0.1, 0.15) is 12.0 Å². The summed E-state index contributed by atoms with van der Waals surface area (Å²) in [4.78, 5) is 0. The van der Waals surface area contributed by atoms with E-state index in [-0.39, 0.29) is 0 Å². The van der Waals surface area contributed by atoms with Gasteiger partial charge in [0.05, 0.1) is 14.2 Å². The van der Waals surface area contributed by atoms with Crippen molar-refractivity contribution < 1.29 is 9.47 Å². The van der Waals surface area contributed by atoms with Crippen LogP contribution in [0.4, 0.5) is 0 Å². The average Bonchev–Trinajstić information content (AvgIpc) is 2.27. The molecule has 0 aliphatic carbocycles. The highest BCUT2D eigenvalue weighted by molar-refractivity contribution is 6.31. The number of alkyl halides is 1. The van der Waals surface area contributed by atoms with Crippen molar-refractivity contribution in [3.05, 3.63) is 22.7 Å². The SMILES string of the molecule is COc1cc(Cl)c(CCCCl)cc1OC. The van der Waals surface area contributed by atoms with Crippen molar-refractivity contribution in [1.82, 2.24) is 0 Å². The van der Waals surface area contributed by atoms with Crippen LogP contribution in [0.25, 0.3) is 0 Å². The maximum Gasteiger partial charge on any atom is 0.162 e. The first-order chi connectivity index (χ1) is 7.22. The van der Waals surface area contributed by atoms with E-state index in [9.17, 15) is 0 Å². The molecule has 84 valence electrons. The number of ether oxygens (including phenoxy) is 2. The summed E-state index contributed by atoms with van der Waals surface area (Å²) in [6.45, 7) is 0. The molecule has 0 aliphatic rings. The molecule has 0 aromatic heterocycles. The minimum absolute atomic E-state index is 0.630. The fourth-order valence-corrected chi connectivity index (χ4v) is 1.73. The van der Waals surface area contributed by atoms with E-state index in [1.807, 2.05) is 6.07 Å². The Morgan fingerprint density at radius 1 is 1.13 bits per heavy atom. The highest BCUT2D eigenvalue weighted by Crippen LogP contribution is 2.33. The van der Waals surface area contributed by atoms with Gasteiger partial charge in [0.2, 0.25) is 0 Å². The average molecular weight is 249 g/mol. The molecule has 0 N–H and O–H groups in total. The molecule has 0 spiro atoms. The Bertz CT molecular complexity index is 327. The van der Waals surface area contributed by atoms with Crippen molar-refractivity contribution >= 4 is 23.2 Å². The summed E-state index contributed by atoms with van der Waals surface area (Å²) in [7, 11) is 3.20. The third-order valence-corrected chi connectivity index (χ3v) is 2.75. The van der Waals surface area contributed by atoms with E-state index in [1.54, 1.807) is 20.3 Å². The van der Waals surface area contributed by atoms with Gasteiger partial charge in [0.15, 0.2) is 11.5 Å². The summed E-state index contributed by atoms with van der Waals surface area (Å²) >= 11 is 11.7. The summed E-state index contributed by atoms with van der Waals surface area (Å²) in [5.74, 6) is 1.98. The van der Waals surface area contributed by atoms with E-state index >= 15 is 0 Å². The second kappa shape index (κ2) is 6.09. The van der Waals surface area contributed by atoms with Gasteiger partial charge in [-0.2, -0.15) is 0 Å². The molecule has 0 saturated carbocycles. The zero-order valence-electron chi connectivity index (χ0n) is 8.85. The van der Waals surface area contributed by atoms with E-state index in [0.29, 0.717) is 22.4 Å². The lowest BCUT2D eigenvalue weighted by Crippen LogP contribution is -1.94. The quantitative estimate of drug-likeness (QED) is 0.743. The van der Waals surface area contributed by atoms with Crippen LogP contribution in [-0.2, 0) is 6.42 Å². The number of hydrogen-bond donors (Lipinski definition) is 0. The Morgan fingerprint density at radius 3 is 2.27 bits per heavy atom. The molecule has 4 heteroatoms. The highest BCUT2D eigenvalue weighted by Gasteiger charge is 2.09. The maximum absolute atomic E-state index is 6.09. The molecule has 0 radical (unpaired) electrons. The predicted molar refractivity (Wildman–Crippen MR) is 63.6 cm³/mol. The molecule has 2 nitrogen and oxygen atoms in total. The molecular weight excluding hydrogens is 235 g/mol. The molecule has 0 amide bonds. The summed E-state index contributed by atoms with van der Waals surface area (Å²) in [5, 5.41) is 0.692. The molecule has 1 aromatic carbocycles. The number of methoxy groups -OCH3 is 2. The van der Waals surface area contributed by atoms with E-state index < -0.39 is 0 Å². The van der Waals surface area contributed by atoms with Crippen molar-refractivity contribution in [2.24, 2.45) is 0 Å². The maximum atomic E-state index is 6.09. The number of rotatable bonds is 5. The molecule has 0 unspecified atom stereocenters. The van der Waals surface area contributed by atoms with Gasteiger partial charge in [0.1, 0.15) is 0 Å². The molecule has 0 bridgehead atoms. The Labute approximate surface area is 100 Å². The standard InChI is InChI=1S/C11H14Cl2O2/c1-14-10-6-8(4-3-5-12)9(13)7-11(10)15-2/h6-7H,3-5H2,1-2H3. The van der Waals surface area contributed by atoms with Gasteiger partial charge in [-0.25, -0.2) is 0 Å². The summed E-state index contributed by atoms with van der Waals surface area (Å²) in [6, 6.07) is 3.66. The predicted octanol–water partition coefficient (Wildman–Crippen LogP) is 3.53. The lowest BCUT2D eigenvalue weighted by molar-refractivity contribution is 0.354. The van der Waals surface area contributed by atoms with Gasteiger partial charge in [-0.15, -0.1) is 11.6 Å². The molecule has 0 aliphatic heterocycles. The lowest BCUT2D eigenvalue weighted by Gasteiger charge is -2.11. The van der Waals surface area contributed by atoms with Crippen molar-refractivity contribution in [3.63, 3.8) is 0 Å². The zero-order chi connectivity index (χ0) is 11.3. The van der Waals surface area contributed by atoms with Crippen molar-refractivity contribution in [2.75, 3.05) is 20.1 Å². The molecule has 0 heterocycles. The minimum Gasteiger partial charge on any atom is -0.493 e. The van der Waals surface area contributed by atoms with Crippen LogP contribution in [0.2, 0.25) is 5.02 Å². The van der Waals surface area contributed by atoms with Gasteiger partial charge in [-0.1, -0.05) is 11.6 Å². The van der Waals surface area contributed by atoms with E-state index in [1.165, 1.54) is 0 Å². The zero-order valence-corrected chi connectivity index (χ0v) is 10.4. The van der Waals surface area contributed by atoms with E-state index in [2.05, 4.69) is 0 Å². The van der Waals surface area contributed by atoms with Crippen LogP contribution in [0.15, 0.2) is 12.1 Å². The Morgan fingerprint density at radius 2 is 1.73 bits per heavy atom. The van der Waals surface area contributed by atoms with Crippen molar-refractivity contribution in [2.45, 2.75) is 12.8 Å². The lowest BCUT2D eigenvalue weighted by atomic mass is 10.1. The van der Waals surface area contributed by atoms with Crippen LogP contribution >= 0.6 is 23.2 Å². The van der Waals surface area contributed by atoms with Crippen molar-refractivity contribution in [3.8, 4) is 11.5 Å². The molecule has 15 heavy (non-hydrogen) atoms. The smallest absolute Gasteiger partial charge is 0.162 e. The fraction of sp³-hybridized carbons (Fsp3) is 0.455. The van der Waals surface area contributed by atoms with Crippen molar-refractivity contribution in [1.29, 1.82) is 0 Å². The summed E-state index contributed by atoms with van der Waals surface area (Å²) in [5.41, 5.74) is 1.04. The van der Waals surface area contributed by atoms with Crippen LogP contribution < -0.4 is 9.47 Å². The van der Waals surface area contributed by atoms with Gasteiger partial charge >= 0.3 is 0 Å². The number of benzene rings is 1. The highest BCUT2D eigenvalue weighted by atomic mass is 35.5. The molecule has 1 aromatic rings. The first-order valence-corrected chi connectivity index (χ1v) is 5.60. The van der Waals surface area contributed by atoms with E-state index in [0.717, 1.165) is 18.4 Å². The Hall–Kier alpha value is -0.600. The fourth-order valence-electron chi connectivity index (χ4n) is 1.35. The number of halogens is 2. The first kappa shape index (κ1) is 12.5. The van der Waals surface area contributed by atoms with Gasteiger partial charge < -0.3 is 9.47 Å². The normalized spacial score (nSPS) is 10.1.